The summed E-state index contributed by atoms with van der Waals surface area (Å²) in [7, 11) is 0. The molecule has 3 aliphatic rings. The number of ether oxygens (including phenoxy) is 6. The first-order valence-corrected chi connectivity index (χ1v) is 14.6. The molecule has 0 radical (unpaired) electrons. The summed E-state index contributed by atoms with van der Waals surface area (Å²) >= 11 is 0. The van der Waals surface area contributed by atoms with E-state index in [2.05, 4.69) is 11.9 Å². The number of rotatable bonds is 13. The summed E-state index contributed by atoms with van der Waals surface area (Å²) in [4.78, 5) is 53.1. The number of aliphatic hydroxyl groups excluding tert-OH is 1. The summed E-state index contributed by atoms with van der Waals surface area (Å²) in [6, 6.07) is -0.0861. The Kier molecular flexibility index (Phi) is 12.0. The molecule has 5 atom stereocenters. The van der Waals surface area contributed by atoms with Crippen molar-refractivity contribution in [3.63, 3.8) is 0 Å². The van der Waals surface area contributed by atoms with E-state index in [1.165, 1.54) is 13.8 Å². The smallest absolute Gasteiger partial charge is 0.350 e. The van der Waals surface area contributed by atoms with E-state index in [1.54, 1.807) is 26.8 Å². The number of carbonyl (C=O) groups excluding carboxylic acids is 4. The summed E-state index contributed by atoms with van der Waals surface area (Å²) in [5.74, 6) is -3.21. The van der Waals surface area contributed by atoms with Crippen molar-refractivity contribution in [2.24, 2.45) is 0 Å². The first-order chi connectivity index (χ1) is 20.4. The molecule has 2 fully saturated rings. The summed E-state index contributed by atoms with van der Waals surface area (Å²) in [5, 5.41) is 13.4. The Balaban J connectivity index is 1.93. The molecule has 1 aliphatic carbocycles. The number of esters is 4. The molecule has 240 valence electrons. The molecule has 0 saturated carbocycles. The zero-order chi connectivity index (χ0) is 31.8. The van der Waals surface area contributed by atoms with Crippen LogP contribution >= 0.6 is 0 Å². The SMILES string of the molecule is C=C(C)[C@]1(OC(C)=O)[C@@H](OC(C)=O)CO[C@@H]1COC(CC1=CCC(N2CCCNC2O)C=C1)(C(=O)OCC)C(=O)OCC. The highest BCUT2D eigenvalue weighted by molar-refractivity contribution is 6.04. The quantitative estimate of drug-likeness (QED) is 0.133. The normalized spacial score (nSPS) is 27.6. The van der Waals surface area contributed by atoms with Gasteiger partial charge in [-0.1, -0.05) is 24.8 Å². The fraction of sp³-hybridized carbons (Fsp3) is 0.667. The van der Waals surface area contributed by atoms with E-state index in [9.17, 15) is 24.3 Å². The maximum absolute atomic E-state index is 13.5. The van der Waals surface area contributed by atoms with Crippen molar-refractivity contribution in [2.45, 2.75) is 89.7 Å². The van der Waals surface area contributed by atoms with E-state index in [0.717, 1.165) is 13.0 Å². The molecule has 2 N–H and O–H groups in total. The van der Waals surface area contributed by atoms with Crippen molar-refractivity contribution < 1.29 is 52.7 Å². The molecular weight excluding hydrogens is 564 g/mol. The summed E-state index contributed by atoms with van der Waals surface area (Å²) in [6.07, 6.45) is 3.84. The molecule has 0 bridgehead atoms. The van der Waals surface area contributed by atoms with E-state index in [0.29, 0.717) is 24.1 Å². The number of hydrogen-bond acceptors (Lipinski definition) is 13. The lowest BCUT2D eigenvalue weighted by molar-refractivity contribution is -0.201. The largest absolute Gasteiger partial charge is 0.463 e. The highest BCUT2D eigenvalue weighted by Crippen LogP contribution is 2.40. The highest BCUT2D eigenvalue weighted by atomic mass is 16.7. The van der Waals surface area contributed by atoms with Crippen LogP contribution in [-0.2, 0) is 47.6 Å². The fourth-order valence-corrected chi connectivity index (χ4v) is 5.67. The Morgan fingerprint density at radius 3 is 2.33 bits per heavy atom. The number of carbonyl (C=O) groups is 4. The molecule has 0 spiro atoms. The van der Waals surface area contributed by atoms with Gasteiger partial charge in [0.2, 0.25) is 0 Å². The standard InChI is InChI=1S/C30H44N2O11/c1-7-38-26(35)29(27(36)39-8-2,16-22-10-12-23(13-11-22)32-15-9-14-31-28(32)37)41-18-24-30(19(3)4,43-21(6)34)25(17-40-24)42-20(5)33/h10-12,23-25,28,31,37H,3,7-9,13-18H2,1-2,4-6H3/t23?,24-,25+,28?,30-/m1/s1. The molecule has 2 aliphatic heterocycles. The molecule has 2 saturated heterocycles. The molecular formula is C30H44N2O11. The molecule has 0 aromatic rings. The van der Waals surface area contributed by atoms with Crippen LogP contribution in [-0.4, -0.2) is 109 Å². The van der Waals surface area contributed by atoms with Crippen LogP contribution in [0.2, 0.25) is 0 Å². The number of nitrogens with one attached hydrogen (secondary N) is 1. The van der Waals surface area contributed by atoms with Crippen LogP contribution in [0.5, 0.6) is 0 Å². The highest BCUT2D eigenvalue weighted by Gasteiger charge is 2.60. The van der Waals surface area contributed by atoms with Crippen LogP contribution in [0, 0.1) is 0 Å². The molecule has 2 unspecified atom stereocenters. The number of aliphatic hydroxyl groups is 1. The van der Waals surface area contributed by atoms with Crippen LogP contribution < -0.4 is 5.32 Å². The van der Waals surface area contributed by atoms with Crippen molar-refractivity contribution in [1.29, 1.82) is 0 Å². The molecule has 2 heterocycles. The lowest BCUT2D eigenvalue weighted by Gasteiger charge is -2.39. The first-order valence-electron chi connectivity index (χ1n) is 14.6. The third kappa shape index (κ3) is 7.71. The molecule has 0 amide bonds. The molecule has 13 heteroatoms. The van der Waals surface area contributed by atoms with E-state index in [-0.39, 0.29) is 32.3 Å². The van der Waals surface area contributed by atoms with Gasteiger partial charge in [-0.2, -0.15) is 0 Å². The van der Waals surface area contributed by atoms with E-state index in [1.807, 2.05) is 17.1 Å². The number of nitrogens with zero attached hydrogens (tertiary/aromatic N) is 1. The molecule has 13 nitrogen and oxygen atoms in total. The van der Waals surface area contributed by atoms with Gasteiger partial charge in [-0.25, -0.2) is 9.59 Å². The third-order valence-corrected chi connectivity index (χ3v) is 7.65. The molecule has 43 heavy (non-hydrogen) atoms. The third-order valence-electron chi connectivity index (χ3n) is 7.65. The first kappa shape index (κ1) is 34.4. The van der Waals surface area contributed by atoms with E-state index in [4.69, 9.17) is 28.4 Å². The van der Waals surface area contributed by atoms with Gasteiger partial charge in [0, 0.05) is 32.9 Å². The van der Waals surface area contributed by atoms with Gasteiger partial charge in [-0.05, 0) is 51.3 Å². The Hall–Kier alpha value is -3.10. The van der Waals surface area contributed by atoms with Gasteiger partial charge in [0.05, 0.1) is 26.4 Å². The second-order valence-electron chi connectivity index (χ2n) is 10.7. The zero-order valence-electron chi connectivity index (χ0n) is 25.6. The van der Waals surface area contributed by atoms with Crippen LogP contribution in [0.15, 0.2) is 36.0 Å². The summed E-state index contributed by atoms with van der Waals surface area (Å²) in [6.45, 7) is 12.0. The van der Waals surface area contributed by atoms with Crippen LogP contribution in [0.4, 0.5) is 0 Å². The van der Waals surface area contributed by atoms with E-state index >= 15 is 0 Å². The van der Waals surface area contributed by atoms with Crippen molar-refractivity contribution in [2.75, 3.05) is 39.5 Å². The Labute approximate surface area is 252 Å². The van der Waals surface area contributed by atoms with Crippen molar-refractivity contribution >= 4 is 23.9 Å². The average Bonchev–Trinajstić information content (AvgIpc) is 3.28. The molecule has 0 aromatic heterocycles. The molecule has 0 aromatic carbocycles. The Morgan fingerprint density at radius 2 is 1.81 bits per heavy atom. The Morgan fingerprint density at radius 1 is 1.14 bits per heavy atom. The van der Waals surface area contributed by atoms with E-state index < -0.39 is 60.2 Å². The minimum Gasteiger partial charge on any atom is -0.463 e. The van der Waals surface area contributed by atoms with Gasteiger partial charge in [-0.15, -0.1) is 0 Å². The Bertz CT molecular complexity index is 1100. The van der Waals surface area contributed by atoms with Gasteiger partial charge >= 0.3 is 23.9 Å². The predicted octanol–water partition coefficient (Wildman–Crippen LogP) is 1.29. The van der Waals surface area contributed by atoms with Gasteiger partial charge < -0.3 is 33.5 Å². The fourth-order valence-electron chi connectivity index (χ4n) is 5.67. The monoisotopic (exact) mass is 608 g/mol. The lowest BCUT2D eigenvalue weighted by Crippen LogP contribution is -2.57. The van der Waals surface area contributed by atoms with Gasteiger partial charge in [-0.3, -0.25) is 19.8 Å². The van der Waals surface area contributed by atoms with Crippen molar-refractivity contribution in [3.8, 4) is 0 Å². The summed E-state index contributed by atoms with van der Waals surface area (Å²) < 4.78 is 33.8. The van der Waals surface area contributed by atoms with Crippen LogP contribution in [0.1, 0.15) is 53.9 Å². The minimum atomic E-state index is -2.23. The lowest BCUT2D eigenvalue weighted by atomic mass is 9.85. The maximum Gasteiger partial charge on any atom is 0.350 e. The second-order valence-corrected chi connectivity index (χ2v) is 10.7. The summed E-state index contributed by atoms with van der Waals surface area (Å²) in [5.41, 5.74) is -2.95. The number of hydrogen-bond donors (Lipinski definition) is 2. The van der Waals surface area contributed by atoms with Crippen LogP contribution in [0.25, 0.3) is 0 Å². The van der Waals surface area contributed by atoms with Gasteiger partial charge in [0.1, 0.15) is 6.10 Å². The number of allylic oxidation sites excluding steroid dienone is 1. The van der Waals surface area contributed by atoms with Gasteiger partial charge in [0.15, 0.2) is 18.1 Å². The predicted molar refractivity (Wildman–Crippen MR) is 152 cm³/mol. The van der Waals surface area contributed by atoms with Crippen LogP contribution in [0.3, 0.4) is 0 Å². The average molecular weight is 609 g/mol. The van der Waals surface area contributed by atoms with Gasteiger partial charge in [0.25, 0.3) is 5.60 Å². The van der Waals surface area contributed by atoms with Crippen molar-refractivity contribution in [1.82, 2.24) is 10.2 Å². The molecule has 3 rings (SSSR count). The minimum absolute atomic E-state index is 0.0300. The zero-order valence-corrected chi connectivity index (χ0v) is 25.6. The second kappa shape index (κ2) is 15.1. The maximum atomic E-state index is 13.5. The topological polar surface area (TPSA) is 159 Å². The van der Waals surface area contributed by atoms with Crippen molar-refractivity contribution in [3.05, 3.63) is 36.0 Å².